The van der Waals surface area contributed by atoms with E-state index in [1.807, 2.05) is 4.90 Å². The van der Waals surface area contributed by atoms with Crippen molar-refractivity contribution in [2.45, 2.75) is 18.9 Å². The second kappa shape index (κ2) is 6.50. The van der Waals surface area contributed by atoms with Gasteiger partial charge in [0.25, 0.3) is 0 Å². The van der Waals surface area contributed by atoms with Crippen molar-refractivity contribution in [2.24, 2.45) is 0 Å². The number of nitrogens with zero attached hydrogens (tertiary/aromatic N) is 3. The predicted octanol–water partition coefficient (Wildman–Crippen LogP) is -0.556. The summed E-state index contributed by atoms with van der Waals surface area (Å²) in [7, 11) is 4.28. The molecule has 5 nitrogen and oxygen atoms in total. The summed E-state index contributed by atoms with van der Waals surface area (Å²) in [5.74, 6) is 0.253. The molecule has 5 heteroatoms. The maximum absolute atomic E-state index is 12.0. The smallest absolute Gasteiger partial charge is 0.236 e. The summed E-state index contributed by atoms with van der Waals surface area (Å²) in [6.07, 6.45) is 2.54. The van der Waals surface area contributed by atoms with Crippen LogP contribution in [0.15, 0.2) is 0 Å². The first-order valence-electron chi connectivity index (χ1n) is 7.04. The molecule has 1 atom stereocenters. The van der Waals surface area contributed by atoms with Crippen LogP contribution in [0.4, 0.5) is 0 Å². The Bertz CT molecular complexity index is 276. The van der Waals surface area contributed by atoms with Crippen LogP contribution < -0.4 is 5.32 Å². The van der Waals surface area contributed by atoms with Crippen LogP contribution in [0.1, 0.15) is 12.8 Å². The fraction of sp³-hybridized carbons (Fsp3) is 0.923. The number of rotatable bonds is 4. The number of carbonyl (C=O) groups is 1. The van der Waals surface area contributed by atoms with Crippen LogP contribution >= 0.6 is 0 Å². The lowest BCUT2D eigenvalue weighted by molar-refractivity contribution is -0.131. The molecule has 0 spiro atoms. The third-order valence-electron chi connectivity index (χ3n) is 4.18. The maximum Gasteiger partial charge on any atom is 0.236 e. The zero-order valence-electron chi connectivity index (χ0n) is 11.7. The molecule has 0 aromatic carbocycles. The molecule has 0 aromatic rings. The zero-order chi connectivity index (χ0) is 13.0. The highest BCUT2D eigenvalue weighted by atomic mass is 16.2. The van der Waals surface area contributed by atoms with Crippen LogP contribution in [0.2, 0.25) is 0 Å². The fourth-order valence-electron chi connectivity index (χ4n) is 2.75. The average Bonchev–Trinajstić information content (AvgIpc) is 2.76. The van der Waals surface area contributed by atoms with Gasteiger partial charge in [0.2, 0.25) is 5.91 Å². The Morgan fingerprint density at radius 3 is 2.50 bits per heavy atom. The van der Waals surface area contributed by atoms with Crippen molar-refractivity contribution in [2.75, 3.05) is 59.9 Å². The van der Waals surface area contributed by atoms with Gasteiger partial charge in [-0.3, -0.25) is 4.79 Å². The van der Waals surface area contributed by atoms with Gasteiger partial charge < -0.3 is 20.0 Å². The minimum absolute atomic E-state index is 0.253. The molecule has 2 fully saturated rings. The molecule has 1 unspecified atom stereocenters. The molecular formula is C13H26N4O. The summed E-state index contributed by atoms with van der Waals surface area (Å²) in [5.41, 5.74) is 0. The Morgan fingerprint density at radius 1 is 1.17 bits per heavy atom. The van der Waals surface area contributed by atoms with Crippen LogP contribution in [0.3, 0.4) is 0 Å². The Kier molecular flexibility index (Phi) is 4.97. The normalized spacial score (nSPS) is 26.8. The maximum atomic E-state index is 12.0. The molecule has 104 valence electrons. The highest BCUT2D eigenvalue weighted by Gasteiger charge is 2.22. The molecule has 1 N–H and O–H groups in total. The lowest BCUT2D eigenvalue weighted by Crippen LogP contribution is -2.50. The molecule has 0 aromatic heterocycles. The van der Waals surface area contributed by atoms with E-state index in [1.165, 1.54) is 19.4 Å². The van der Waals surface area contributed by atoms with Crippen molar-refractivity contribution < 1.29 is 4.79 Å². The SMILES string of the molecule is CN1CCN(C(=O)CNCC2CCCN2C)CC1. The van der Waals surface area contributed by atoms with Crippen molar-refractivity contribution in [1.29, 1.82) is 0 Å². The summed E-state index contributed by atoms with van der Waals surface area (Å²) in [5, 5.41) is 3.32. The summed E-state index contributed by atoms with van der Waals surface area (Å²) in [6.45, 7) is 6.37. The van der Waals surface area contributed by atoms with Gasteiger partial charge >= 0.3 is 0 Å². The highest BCUT2D eigenvalue weighted by Crippen LogP contribution is 2.13. The van der Waals surface area contributed by atoms with Crippen molar-refractivity contribution in [1.82, 2.24) is 20.0 Å². The third kappa shape index (κ3) is 3.67. The monoisotopic (exact) mass is 254 g/mol. The Balaban J connectivity index is 1.62. The molecule has 18 heavy (non-hydrogen) atoms. The van der Waals surface area contributed by atoms with E-state index in [0.29, 0.717) is 12.6 Å². The standard InChI is InChI=1S/C13H26N4O/c1-15-6-8-17(9-7-15)13(18)11-14-10-12-4-3-5-16(12)2/h12,14H,3-11H2,1-2H3. The molecule has 2 heterocycles. The summed E-state index contributed by atoms with van der Waals surface area (Å²) < 4.78 is 0. The molecule has 1 amide bonds. The van der Waals surface area contributed by atoms with Crippen molar-refractivity contribution in [3.63, 3.8) is 0 Å². The number of amides is 1. The lowest BCUT2D eigenvalue weighted by atomic mass is 10.2. The first-order valence-corrected chi connectivity index (χ1v) is 7.04. The topological polar surface area (TPSA) is 38.8 Å². The summed E-state index contributed by atoms with van der Waals surface area (Å²) in [6, 6.07) is 0.616. The molecule has 0 saturated carbocycles. The molecule has 2 aliphatic rings. The Morgan fingerprint density at radius 2 is 1.89 bits per heavy atom. The van der Waals surface area contributed by atoms with Crippen molar-refractivity contribution in [3.05, 3.63) is 0 Å². The number of carbonyl (C=O) groups excluding carboxylic acids is 1. The van der Waals surface area contributed by atoms with Crippen molar-refractivity contribution in [3.8, 4) is 0 Å². The second-order valence-corrected chi connectivity index (χ2v) is 5.59. The molecule has 0 bridgehead atoms. The van der Waals surface area contributed by atoms with Gasteiger partial charge in [0.1, 0.15) is 0 Å². The molecule has 2 rings (SSSR count). The second-order valence-electron chi connectivity index (χ2n) is 5.59. The van der Waals surface area contributed by atoms with E-state index >= 15 is 0 Å². The van der Waals surface area contributed by atoms with E-state index in [2.05, 4.69) is 29.2 Å². The first-order chi connectivity index (χ1) is 8.66. The van der Waals surface area contributed by atoms with Crippen molar-refractivity contribution >= 4 is 5.91 Å². The molecule has 2 saturated heterocycles. The number of hydrogen-bond acceptors (Lipinski definition) is 4. The third-order valence-corrected chi connectivity index (χ3v) is 4.18. The van der Waals surface area contributed by atoms with Gasteiger partial charge in [-0.15, -0.1) is 0 Å². The summed E-state index contributed by atoms with van der Waals surface area (Å²) in [4.78, 5) is 18.6. The summed E-state index contributed by atoms with van der Waals surface area (Å²) >= 11 is 0. The van der Waals surface area contributed by atoms with Crippen LogP contribution in [0, 0.1) is 0 Å². The van der Waals surface area contributed by atoms with Gasteiger partial charge in [0, 0.05) is 38.8 Å². The molecule has 0 aliphatic carbocycles. The first kappa shape index (κ1) is 13.8. The van der Waals surface area contributed by atoms with E-state index in [4.69, 9.17) is 0 Å². The highest BCUT2D eigenvalue weighted by molar-refractivity contribution is 5.78. The van der Waals surface area contributed by atoms with Gasteiger partial charge in [-0.25, -0.2) is 0 Å². The number of nitrogens with one attached hydrogen (secondary N) is 1. The van der Waals surface area contributed by atoms with Gasteiger partial charge in [-0.2, -0.15) is 0 Å². The largest absolute Gasteiger partial charge is 0.339 e. The quantitative estimate of drug-likeness (QED) is 0.730. The van der Waals surface area contributed by atoms with Crippen LogP contribution in [-0.4, -0.2) is 86.6 Å². The van der Waals surface area contributed by atoms with Crippen LogP contribution in [0.25, 0.3) is 0 Å². The van der Waals surface area contributed by atoms with Gasteiger partial charge in [0.15, 0.2) is 0 Å². The molecular weight excluding hydrogens is 228 g/mol. The fourth-order valence-corrected chi connectivity index (χ4v) is 2.75. The minimum atomic E-state index is 0.253. The number of piperazine rings is 1. The van der Waals surface area contributed by atoms with E-state index in [9.17, 15) is 4.79 Å². The number of hydrogen-bond donors (Lipinski definition) is 1. The van der Waals surface area contributed by atoms with E-state index < -0.39 is 0 Å². The molecule has 0 radical (unpaired) electrons. The van der Waals surface area contributed by atoms with Gasteiger partial charge in [0.05, 0.1) is 6.54 Å². The minimum Gasteiger partial charge on any atom is -0.339 e. The zero-order valence-corrected chi connectivity index (χ0v) is 11.7. The van der Waals surface area contributed by atoms with Crippen LogP contribution in [0.5, 0.6) is 0 Å². The number of likely N-dealkylation sites (tertiary alicyclic amines) is 1. The van der Waals surface area contributed by atoms with Crippen LogP contribution in [-0.2, 0) is 4.79 Å². The lowest BCUT2D eigenvalue weighted by Gasteiger charge is -2.32. The Labute approximate surface area is 110 Å². The van der Waals surface area contributed by atoms with Gasteiger partial charge in [-0.1, -0.05) is 0 Å². The predicted molar refractivity (Wildman–Crippen MR) is 72.6 cm³/mol. The van der Waals surface area contributed by atoms with Gasteiger partial charge in [-0.05, 0) is 33.5 Å². The molecule has 2 aliphatic heterocycles. The average molecular weight is 254 g/mol. The number of likely N-dealkylation sites (N-methyl/N-ethyl adjacent to an activating group) is 2. The van der Waals surface area contributed by atoms with E-state index in [0.717, 1.165) is 32.7 Å². The Hall–Kier alpha value is -0.650. The van der Waals surface area contributed by atoms with E-state index in [1.54, 1.807) is 0 Å². The van der Waals surface area contributed by atoms with E-state index in [-0.39, 0.29) is 5.91 Å².